The fourth-order valence-electron chi connectivity index (χ4n) is 1.50. The fraction of sp³-hybridized carbons (Fsp3) is 0.375. The molecule has 0 radical (unpaired) electrons. The van der Waals surface area contributed by atoms with Gasteiger partial charge in [0.1, 0.15) is 6.04 Å². The Hall–Kier alpha value is -1.34. The first kappa shape index (κ1) is 10.2. The van der Waals surface area contributed by atoms with Gasteiger partial charge in [0.05, 0.1) is 4.90 Å². The minimum Gasteiger partial charge on any atom is -0.480 e. The monoisotopic (exact) mass is 230 g/mol. The van der Waals surface area contributed by atoms with E-state index in [0.717, 1.165) is 4.31 Å². The molecule has 2 rings (SSSR count). The molecular weight excluding hydrogens is 220 g/mol. The average molecular weight is 230 g/mol. The van der Waals surface area contributed by atoms with Crippen molar-refractivity contribution >= 4 is 16.0 Å². The van der Waals surface area contributed by atoms with E-state index in [4.69, 9.17) is 5.11 Å². The van der Waals surface area contributed by atoms with Gasteiger partial charge in [-0.15, -0.1) is 0 Å². The molecule has 2 N–H and O–H groups in total. The number of rotatable bonds is 3. The summed E-state index contributed by atoms with van der Waals surface area (Å²) in [4.78, 5) is 13.4. The SMILES string of the molecule is O=C(O)C1CCN1S(=O)(=O)c1cc[nH]c1. The van der Waals surface area contributed by atoms with Crippen molar-refractivity contribution in [3.63, 3.8) is 0 Å². The highest BCUT2D eigenvalue weighted by Crippen LogP contribution is 2.26. The van der Waals surface area contributed by atoms with E-state index in [1.54, 1.807) is 0 Å². The van der Waals surface area contributed by atoms with Gasteiger partial charge in [-0.25, -0.2) is 8.42 Å². The molecule has 82 valence electrons. The van der Waals surface area contributed by atoms with Gasteiger partial charge < -0.3 is 10.1 Å². The fourth-order valence-corrected chi connectivity index (χ4v) is 3.11. The lowest BCUT2D eigenvalue weighted by Crippen LogP contribution is -2.54. The van der Waals surface area contributed by atoms with Gasteiger partial charge in [0, 0.05) is 18.9 Å². The summed E-state index contributed by atoms with van der Waals surface area (Å²) in [5, 5.41) is 8.75. The van der Waals surface area contributed by atoms with Crippen LogP contribution in [0.25, 0.3) is 0 Å². The first-order chi connectivity index (χ1) is 7.03. The molecule has 0 aliphatic carbocycles. The van der Waals surface area contributed by atoms with E-state index >= 15 is 0 Å². The first-order valence-corrected chi connectivity index (χ1v) is 5.85. The number of aromatic nitrogens is 1. The summed E-state index contributed by atoms with van der Waals surface area (Å²) in [5.41, 5.74) is 0. The van der Waals surface area contributed by atoms with E-state index in [9.17, 15) is 13.2 Å². The summed E-state index contributed by atoms with van der Waals surface area (Å²) in [6.45, 7) is 0.268. The van der Waals surface area contributed by atoms with Gasteiger partial charge in [0.25, 0.3) is 0 Å². The maximum absolute atomic E-state index is 11.8. The number of nitrogens with zero attached hydrogens (tertiary/aromatic N) is 1. The van der Waals surface area contributed by atoms with Crippen molar-refractivity contribution in [1.29, 1.82) is 0 Å². The molecule has 2 heterocycles. The Morgan fingerprint density at radius 2 is 2.33 bits per heavy atom. The number of aliphatic carboxylic acids is 1. The van der Waals surface area contributed by atoms with Crippen molar-refractivity contribution in [2.75, 3.05) is 6.54 Å². The van der Waals surface area contributed by atoms with E-state index in [2.05, 4.69) is 4.98 Å². The van der Waals surface area contributed by atoms with Crippen LogP contribution in [-0.4, -0.2) is 41.4 Å². The molecule has 6 nitrogen and oxygen atoms in total. The van der Waals surface area contributed by atoms with Crippen molar-refractivity contribution < 1.29 is 18.3 Å². The molecule has 15 heavy (non-hydrogen) atoms. The third-order valence-electron chi connectivity index (χ3n) is 2.43. The second-order valence-corrected chi connectivity index (χ2v) is 5.20. The van der Waals surface area contributed by atoms with E-state index in [1.807, 2.05) is 0 Å². The van der Waals surface area contributed by atoms with Crippen molar-refractivity contribution in [2.45, 2.75) is 17.4 Å². The summed E-state index contributed by atoms with van der Waals surface area (Å²) in [6, 6.07) is 0.497. The van der Waals surface area contributed by atoms with Crippen molar-refractivity contribution in [3.8, 4) is 0 Å². The van der Waals surface area contributed by atoms with Gasteiger partial charge in [-0.3, -0.25) is 4.79 Å². The second kappa shape index (κ2) is 3.35. The molecule has 1 fully saturated rings. The number of hydrogen-bond acceptors (Lipinski definition) is 3. The molecule has 1 unspecified atom stereocenters. The number of H-pyrrole nitrogens is 1. The Morgan fingerprint density at radius 3 is 2.73 bits per heavy atom. The predicted octanol–water partition coefficient (Wildman–Crippen LogP) is -0.138. The molecular formula is C8H10N2O4S. The highest BCUT2D eigenvalue weighted by molar-refractivity contribution is 7.89. The molecule has 0 aromatic carbocycles. The molecule has 1 aromatic heterocycles. The Balaban J connectivity index is 2.28. The zero-order valence-corrected chi connectivity index (χ0v) is 8.57. The van der Waals surface area contributed by atoms with Crippen LogP contribution in [0, 0.1) is 0 Å². The van der Waals surface area contributed by atoms with Crippen LogP contribution < -0.4 is 0 Å². The molecule has 1 atom stereocenters. The number of carboxylic acid groups (broad SMARTS) is 1. The smallest absolute Gasteiger partial charge is 0.322 e. The van der Waals surface area contributed by atoms with Crippen LogP contribution in [0.3, 0.4) is 0 Å². The van der Waals surface area contributed by atoms with Gasteiger partial charge in [0.15, 0.2) is 0 Å². The second-order valence-electron chi connectivity index (χ2n) is 3.31. The summed E-state index contributed by atoms with van der Waals surface area (Å²) in [6.07, 6.45) is 3.20. The third-order valence-corrected chi connectivity index (χ3v) is 4.34. The first-order valence-electron chi connectivity index (χ1n) is 4.41. The average Bonchev–Trinajstić information content (AvgIpc) is 2.50. The van der Waals surface area contributed by atoms with Crippen LogP contribution in [0.15, 0.2) is 23.4 Å². The lowest BCUT2D eigenvalue weighted by molar-refractivity contribution is -0.144. The lowest BCUT2D eigenvalue weighted by atomic mass is 10.1. The molecule has 1 aliphatic rings. The lowest BCUT2D eigenvalue weighted by Gasteiger charge is -2.36. The Labute approximate surface area is 86.6 Å². The summed E-state index contributed by atoms with van der Waals surface area (Å²) in [7, 11) is -3.63. The van der Waals surface area contributed by atoms with Gasteiger partial charge >= 0.3 is 5.97 Å². The summed E-state index contributed by atoms with van der Waals surface area (Å²) in [5.74, 6) is -1.10. The van der Waals surface area contributed by atoms with Crippen LogP contribution in [0.5, 0.6) is 0 Å². The van der Waals surface area contributed by atoms with Crippen molar-refractivity contribution in [3.05, 3.63) is 18.5 Å². The number of carboxylic acids is 1. The van der Waals surface area contributed by atoms with E-state index < -0.39 is 22.0 Å². The zero-order valence-electron chi connectivity index (χ0n) is 7.75. The van der Waals surface area contributed by atoms with E-state index in [0.29, 0.717) is 6.42 Å². The molecule has 1 aromatic rings. The molecule has 0 bridgehead atoms. The standard InChI is InChI=1S/C8H10N2O4S/c11-8(12)7-2-4-10(7)15(13,14)6-1-3-9-5-6/h1,3,5,7,9H,2,4H2,(H,11,12). The van der Waals surface area contributed by atoms with Gasteiger partial charge in [0.2, 0.25) is 10.0 Å². The molecule has 1 saturated heterocycles. The molecule has 0 saturated carbocycles. The summed E-state index contributed by atoms with van der Waals surface area (Å²) < 4.78 is 24.7. The highest BCUT2D eigenvalue weighted by atomic mass is 32.2. The van der Waals surface area contributed by atoms with Gasteiger partial charge in [-0.1, -0.05) is 0 Å². The van der Waals surface area contributed by atoms with Crippen LogP contribution >= 0.6 is 0 Å². The Bertz CT molecular complexity index is 465. The Morgan fingerprint density at radius 1 is 1.60 bits per heavy atom. The van der Waals surface area contributed by atoms with Crippen LogP contribution in [0.1, 0.15) is 6.42 Å². The van der Waals surface area contributed by atoms with Gasteiger partial charge in [-0.05, 0) is 12.5 Å². The maximum Gasteiger partial charge on any atom is 0.322 e. The number of sulfonamides is 1. The maximum atomic E-state index is 11.8. The number of carbonyl (C=O) groups is 1. The largest absolute Gasteiger partial charge is 0.480 e. The molecule has 0 spiro atoms. The summed E-state index contributed by atoms with van der Waals surface area (Å²) >= 11 is 0. The molecule has 1 aliphatic heterocycles. The Kier molecular flexibility index (Phi) is 2.28. The normalized spacial score (nSPS) is 22.3. The third kappa shape index (κ3) is 1.53. The number of hydrogen-bond donors (Lipinski definition) is 2. The van der Waals surface area contributed by atoms with Crippen LogP contribution in [0.2, 0.25) is 0 Å². The van der Waals surface area contributed by atoms with Crippen LogP contribution in [-0.2, 0) is 14.8 Å². The minimum atomic E-state index is -3.63. The zero-order chi connectivity index (χ0) is 11.1. The van der Waals surface area contributed by atoms with Crippen molar-refractivity contribution in [1.82, 2.24) is 9.29 Å². The van der Waals surface area contributed by atoms with E-state index in [-0.39, 0.29) is 11.4 Å². The van der Waals surface area contributed by atoms with Gasteiger partial charge in [-0.2, -0.15) is 4.31 Å². The minimum absolute atomic E-state index is 0.105. The van der Waals surface area contributed by atoms with Crippen LogP contribution in [0.4, 0.5) is 0 Å². The molecule has 7 heteroatoms. The topological polar surface area (TPSA) is 90.5 Å². The molecule has 0 amide bonds. The predicted molar refractivity (Wildman–Crippen MR) is 50.7 cm³/mol. The van der Waals surface area contributed by atoms with E-state index in [1.165, 1.54) is 18.5 Å². The quantitative estimate of drug-likeness (QED) is 0.756. The highest BCUT2D eigenvalue weighted by Gasteiger charge is 2.42. The number of aromatic amines is 1. The number of nitrogens with one attached hydrogen (secondary N) is 1. The van der Waals surface area contributed by atoms with Crippen molar-refractivity contribution in [2.24, 2.45) is 0 Å².